The van der Waals surface area contributed by atoms with Gasteiger partial charge in [-0.1, -0.05) is 36.7 Å². The first-order chi connectivity index (χ1) is 9.56. The fourth-order valence-corrected chi connectivity index (χ4v) is 3.16. The summed E-state index contributed by atoms with van der Waals surface area (Å²) in [7, 11) is 0. The predicted octanol–water partition coefficient (Wildman–Crippen LogP) is 4.43. The minimum Gasteiger partial charge on any atom is -0.371 e. The summed E-state index contributed by atoms with van der Waals surface area (Å²) in [5.41, 5.74) is 2.82. The number of nitrogens with one attached hydrogen (secondary N) is 1. The van der Waals surface area contributed by atoms with Gasteiger partial charge in [-0.15, -0.1) is 0 Å². The average Bonchev–Trinajstić information content (AvgIpc) is 2.40. The van der Waals surface area contributed by atoms with E-state index in [4.69, 9.17) is 0 Å². The van der Waals surface area contributed by atoms with Crippen LogP contribution in [0.2, 0.25) is 0 Å². The van der Waals surface area contributed by atoms with Crippen molar-refractivity contribution >= 4 is 21.6 Å². The van der Waals surface area contributed by atoms with Gasteiger partial charge in [0.1, 0.15) is 0 Å². The van der Waals surface area contributed by atoms with Crippen LogP contribution < -0.4 is 10.2 Å². The molecule has 1 saturated heterocycles. The van der Waals surface area contributed by atoms with Gasteiger partial charge in [-0.3, -0.25) is 0 Å². The van der Waals surface area contributed by atoms with Crippen LogP contribution in [-0.2, 0) is 6.54 Å². The predicted molar refractivity (Wildman–Crippen MR) is 91.3 cm³/mol. The normalized spacial score (nSPS) is 16.9. The average molecular weight is 339 g/mol. The Kier molecular flexibility index (Phi) is 5.91. The highest BCUT2D eigenvalue weighted by molar-refractivity contribution is 9.10. The standard InChI is InChI=1S/C17H27BrN2/c1-13(2)11-19-12-15-10-16(18)4-5-17(15)20-8-6-14(3)7-9-20/h4-5,10,13-14,19H,6-9,11-12H2,1-3H3. The number of benzene rings is 1. The van der Waals surface area contributed by atoms with Crippen molar-refractivity contribution in [3.05, 3.63) is 28.2 Å². The third-order valence-corrected chi connectivity index (χ3v) is 4.53. The van der Waals surface area contributed by atoms with Crippen LogP contribution in [0, 0.1) is 11.8 Å². The lowest BCUT2D eigenvalue weighted by molar-refractivity contribution is 0.437. The summed E-state index contributed by atoms with van der Waals surface area (Å²) < 4.78 is 1.17. The highest BCUT2D eigenvalue weighted by Gasteiger charge is 2.18. The number of halogens is 1. The minimum atomic E-state index is 0.696. The summed E-state index contributed by atoms with van der Waals surface area (Å²) in [6.45, 7) is 11.3. The highest BCUT2D eigenvalue weighted by Crippen LogP contribution is 2.28. The van der Waals surface area contributed by atoms with Gasteiger partial charge in [-0.2, -0.15) is 0 Å². The smallest absolute Gasteiger partial charge is 0.0412 e. The molecule has 0 saturated carbocycles. The molecule has 1 fully saturated rings. The molecule has 0 atom stereocenters. The molecular formula is C17H27BrN2. The van der Waals surface area contributed by atoms with E-state index in [1.807, 2.05) is 0 Å². The third kappa shape index (κ3) is 4.49. The largest absolute Gasteiger partial charge is 0.371 e. The first kappa shape index (κ1) is 15.8. The van der Waals surface area contributed by atoms with E-state index >= 15 is 0 Å². The van der Waals surface area contributed by atoms with Crippen molar-refractivity contribution < 1.29 is 0 Å². The van der Waals surface area contributed by atoms with Gasteiger partial charge >= 0.3 is 0 Å². The summed E-state index contributed by atoms with van der Waals surface area (Å²) in [6, 6.07) is 6.70. The molecule has 20 heavy (non-hydrogen) atoms. The Labute approximate surface area is 132 Å². The molecule has 3 heteroatoms. The first-order valence-electron chi connectivity index (χ1n) is 7.80. The van der Waals surface area contributed by atoms with E-state index in [0.29, 0.717) is 5.92 Å². The van der Waals surface area contributed by atoms with Crippen LogP contribution in [0.3, 0.4) is 0 Å². The zero-order valence-electron chi connectivity index (χ0n) is 13.0. The Morgan fingerprint density at radius 1 is 1.30 bits per heavy atom. The van der Waals surface area contributed by atoms with Gasteiger partial charge in [0.2, 0.25) is 0 Å². The van der Waals surface area contributed by atoms with Crippen LogP contribution >= 0.6 is 15.9 Å². The molecule has 0 unspecified atom stereocenters. The summed E-state index contributed by atoms with van der Waals surface area (Å²) in [5, 5.41) is 3.57. The van der Waals surface area contributed by atoms with Crippen LogP contribution in [0.4, 0.5) is 5.69 Å². The molecule has 1 aromatic rings. The second-order valence-electron chi connectivity index (χ2n) is 6.47. The Balaban J connectivity index is 2.07. The van der Waals surface area contributed by atoms with Crippen molar-refractivity contribution in [1.29, 1.82) is 0 Å². The molecule has 2 rings (SSSR count). The SMILES string of the molecule is CC(C)CNCc1cc(Br)ccc1N1CCC(C)CC1. The summed E-state index contributed by atoms with van der Waals surface area (Å²) >= 11 is 3.60. The van der Waals surface area contributed by atoms with E-state index in [1.165, 1.54) is 41.7 Å². The lowest BCUT2D eigenvalue weighted by Crippen LogP contribution is -2.34. The monoisotopic (exact) mass is 338 g/mol. The lowest BCUT2D eigenvalue weighted by Gasteiger charge is -2.33. The van der Waals surface area contributed by atoms with E-state index in [-0.39, 0.29) is 0 Å². The molecule has 2 nitrogen and oxygen atoms in total. The maximum atomic E-state index is 3.60. The lowest BCUT2D eigenvalue weighted by atomic mass is 9.98. The van der Waals surface area contributed by atoms with Crippen LogP contribution in [-0.4, -0.2) is 19.6 Å². The quantitative estimate of drug-likeness (QED) is 0.854. The Hall–Kier alpha value is -0.540. The fourth-order valence-electron chi connectivity index (χ4n) is 2.75. The van der Waals surface area contributed by atoms with Crippen molar-refractivity contribution in [2.75, 3.05) is 24.5 Å². The third-order valence-electron chi connectivity index (χ3n) is 4.03. The van der Waals surface area contributed by atoms with E-state index in [1.54, 1.807) is 0 Å². The molecule has 0 aliphatic carbocycles. The summed E-state index contributed by atoms with van der Waals surface area (Å²) in [5.74, 6) is 1.57. The molecule has 0 radical (unpaired) electrons. The van der Waals surface area contributed by atoms with Gasteiger partial charge in [-0.25, -0.2) is 0 Å². The molecule has 1 N–H and O–H groups in total. The van der Waals surface area contributed by atoms with Crippen molar-refractivity contribution in [3.8, 4) is 0 Å². The van der Waals surface area contributed by atoms with Crippen molar-refractivity contribution in [2.24, 2.45) is 11.8 Å². The van der Waals surface area contributed by atoms with Crippen LogP contribution in [0.5, 0.6) is 0 Å². The van der Waals surface area contributed by atoms with Gasteiger partial charge in [0.15, 0.2) is 0 Å². The second kappa shape index (κ2) is 7.46. The van der Waals surface area contributed by atoms with Gasteiger partial charge in [0, 0.05) is 29.8 Å². The number of anilines is 1. The Bertz CT molecular complexity index is 423. The van der Waals surface area contributed by atoms with Crippen molar-refractivity contribution in [3.63, 3.8) is 0 Å². The van der Waals surface area contributed by atoms with E-state index in [0.717, 1.165) is 19.0 Å². The molecule has 0 bridgehead atoms. The molecule has 1 aromatic carbocycles. The molecule has 1 aliphatic rings. The van der Waals surface area contributed by atoms with Gasteiger partial charge < -0.3 is 10.2 Å². The van der Waals surface area contributed by atoms with Crippen molar-refractivity contribution in [1.82, 2.24) is 5.32 Å². The van der Waals surface area contributed by atoms with E-state index < -0.39 is 0 Å². The Morgan fingerprint density at radius 2 is 2.00 bits per heavy atom. The molecule has 1 heterocycles. The zero-order valence-corrected chi connectivity index (χ0v) is 14.5. The maximum Gasteiger partial charge on any atom is 0.0412 e. The minimum absolute atomic E-state index is 0.696. The number of hydrogen-bond donors (Lipinski definition) is 1. The second-order valence-corrected chi connectivity index (χ2v) is 7.38. The van der Waals surface area contributed by atoms with Crippen LogP contribution in [0.25, 0.3) is 0 Å². The summed E-state index contributed by atoms with van der Waals surface area (Å²) in [6.07, 6.45) is 2.63. The fraction of sp³-hybridized carbons (Fsp3) is 0.647. The molecule has 0 spiro atoms. The number of piperidine rings is 1. The highest BCUT2D eigenvalue weighted by atomic mass is 79.9. The van der Waals surface area contributed by atoms with Crippen LogP contribution in [0.15, 0.2) is 22.7 Å². The number of rotatable bonds is 5. The molecule has 0 aromatic heterocycles. The number of nitrogens with zero attached hydrogens (tertiary/aromatic N) is 1. The number of hydrogen-bond acceptors (Lipinski definition) is 2. The zero-order chi connectivity index (χ0) is 14.5. The summed E-state index contributed by atoms with van der Waals surface area (Å²) in [4.78, 5) is 2.55. The van der Waals surface area contributed by atoms with Crippen molar-refractivity contribution in [2.45, 2.75) is 40.2 Å². The van der Waals surface area contributed by atoms with E-state index in [9.17, 15) is 0 Å². The molecule has 112 valence electrons. The maximum absolute atomic E-state index is 3.60. The van der Waals surface area contributed by atoms with E-state index in [2.05, 4.69) is 65.1 Å². The van der Waals surface area contributed by atoms with Gasteiger partial charge in [0.05, 0.1) is 0 Å². The van der Waals surface area contributed by atoms with Gasteiger partial charge in [0.25, 0.3) is 0 Å². The molecule has 0 amide bonds. The Morgan fingerprint density at radius 3 is 2.65 bits per heavy atom. The molecular weight excluding hydrogens is 312 g/mol. The molecule has 1 aliphatic heterocycles. The topological polar surface area (TPSA) is 15.3 Å². The van der Waals surface area contributed by atoms with Gasteiger partial charge in [-0.05, 0) is 55.0 Å². The van der Waals surface area contributed by atoms with Crippen LogP contribution in [0.1, 0.15) is 39.2 Å². The first-order valence-corrected chi connectivity index (χ1v) is 8.59.